The second-order valence-corrected chi connectivity index (χ2v) is 6.04. The summed E-state index contributed by atoms with van der Waals surface area (Å²) in [4.78, 5) is 26.3. The van der Waals surface area contributed by atoms with Crippen LogP contribution in [-0.4, -0.2) is 25.0 Å². The van der Waals surface area contributed by atoms with Gasteiger partial charge >= 0.3 is 0 Å². The van der Waals surface area contributed by atoms with E-state index in [9.17, 15) is 9.59 Å². The standard InChI is InChI=1S/C20H22N2O3/c1-2-25-18-10-8-17(9-11-18)22-14-16(12-19(22)23)20(24)21-13-15-6-4-3-5-7-15/h3-11,16H,2,12-14H2,1H3,(H,21,24)/t16-/m0/s1. The number of benzene rings is 2. The number of rotatable bonds is 6. The molecule has 0 bridgehead atoms. The van der Waals surface area contributed by atoms with Crippen molar-refractivity contribution in [2.45, 2.75) is 19.9 Å². The lowest BCUT2D eigenvalue weighted by Crippen LogP contribution is -2.32. The predicted molar refractivity (Wildman–Crippen MR) is 96.4 cm³/mol. The highest BCUT2D eigenvalue weighted by Gasteiger charge is 2.34. The third-order valence-electron chi connectivity index (χ3n) is 4.26. The molecule has 0 aliphatic carbocycles. The van der Waals surface area contributed by atoms with Crippen LogP contribution >= 0.6 is 0 Å². The molecule has 0 aromatic heterocycles. The van der Waals surface area contributed by atoms with Gasteiger partial charge in [-0.2, -0.15) is 0 Å². The Morgan fingerprint density at radius 2 is 1.88 bits per heavy atom. The van der Waals surface area contributed by atoms with Crippen LogP contribution in [0.2, 0.25) is 0 Å². The van der Waals surface area contributed by atoms with E-state index in [0.29, 0.717) is 19.7 Å². The van der Waals surface area contributed by atoms with Crippen molar-refractivity contribution in [2.75, 3.05) is 18.1 Å². The predicted octanol–water partition coefficient (Wildman–Crippen LogP) is 2.75. The van der Waals surface area contributed by atoms with Crippen molar-refractivity contribution >= 4 is 17.5 Å². The minimum atomic E-state index is -0.317. The summed E-state index contributed by atoms with van der Waals surface area (Å²) in [6, 6.07) is 17.1. The van der Waals surface area contributed by atoms with Crippen LogP contribution in [0.3, 0.4) is 0 Å². The molecular weight excluding hydrogens is 316 g/mol. The molecule has 1 N–H and O–H groups in total. The number of carbonyl (C=O) groups excluding carboxylic acids is 2. The van der Waals surface area contributed by atoms with Gasteiger partial charge in [0.25, 0.3) is 0 Å². The molecule has 2 amide bonds. The fourth-order valence-electron chi connectivity index (χ4n) is 2.95. The van der Waals surface area contributed by atoms with E-state index in [1.54, 1.807) is 4.90 Å². The zero-order valence-corrected chi connectivity index (χ0v) is 14.3. The van der Waals surface area contributed by atoms with Gasteiger partial charge in [-0.1, -0.05) is 30.3 Å². The Labute approximate surface area is 147 Å². The molecular formula is C20H22N2O3. The van der Waals surface area contributed by atoms with Gasteiger partial charge in [-0.15, -0.1) is 0 Å². The van der Waals surface area contributed by atoms with Crippen molar-refractivity contribution < 1.29 is 14.3 Å². The SMILES string of the molecule is CCOc1ccc(N2C[C@@H](C(=O)NCc3ccccc3)CC2=O)cc1. The van der Waals surface area contributed by atoms with Crippen molar-refractivity contribution in [3.05, 3.63) is 60.2 Å². The molecule has 2 aromatic rings. The van der Waals surface area contributed by atoms with E-state index in [0.717, 1.165) is 17.0 Å². The number of carbonyl (C=O) groups is 2. The monoisotopic (exact) mass is 338 g/mol. The van der Waals surface area contributed by atoms with E-state index in [2.05, 4.69) is 5.32 Å². The minimum absolute atomic E-state index is 0.0241. The third kappa shape index (κ3) is 4.18. The van der Waals surface area contributed by atoms with Gasteiger partial charge in [0, 0.05) is 25.2 Å². The summed E-state index contributed by atoms with van der Waals surface area (Å²) in [5.74, 6) is 0.354. The van der Waals surface area contributed by atoms with E-state index in [-0.39, 0.29) is 24.2 Å². The highest BCUT2D eigenvalue weighted by atomic mass is 16.5. The first-order chi connectivity index (χ1) is 12.2. The molecule has 1 fully saturated rings. The van der Waals surface area contributed by atoms with Crippen molar-refractivity contribution in [3.63, 3.8) is 0 Å². The highest BCUT2D eigenvalue weighted by Crippen LogP contribution is 2.27. The normalized spacial score (nSPS) is 16.8. The number of nitrogens with one attached hydrogen (secondary N) is 1. The summed E-state index contributed by atoms with van der Waals surface area (Å²) in [6.07, 6.45) is 0.244. The largest absolute Gasteiger partial charge is 0.494 e. The number of hydrogen-bond acceptors (Lipinski definition) is 3. The van der Waals surface area contributed by atoms with Crippen molar-refractivity contribution in [3.8, 4) is 5.75 Å². The Hall–Kier alpha value is -2.82. The Balaban J connectivity index is 1.58. The Morgan fingerprint density at radius 1 is 1.16 bits per heavy atom. The topological polar surface area (TPSA) is 58.6 Å². The first-order valence-corrected chi connectivity index (χ1v) is 8.52. The summed E-state index contributed by atoms with van der Waals surface area (Å²) in [5.41, 5.74) is 1.84. The fraction of sp³-hybridized carbons (Fsp3) is 0.300. The molecule has 25 heavy (non-hydrogen) atoms. The summed E-state index contributed by atoms with van der Waals surface area (Å²) in [7, 11) is 0. The van der Waals surface area contributed by atoms with Gasteiger partial charge in [-0.25, -0.2) is 0 Å². The molecule has 0 saturated carbocycles. The molecule has 5 heteroatoms. The highest BCUT2D eigenvalue weighted by molar-refractivity contribution is 6.00. The first-order valence-electron chi connectivity index (χ1n) is 8.52. The zero-order chi connectivity index (χ0) is 17.6. The van der Waals surface area contributed by atoms with Crippen LogP contribution in [0, 0.1) is 5.92 Å². The van der Waals surface area contributed by atoms with Gasteiger partial charge in [0.05, 0.1) is 12.5 Å². The third-order valence-corrected chi connectivity index (χ3v) is 4.26. The van der Waals surface area contributed by atoms with Crippen LogP contribution < -0.4 is 15.0 Å². The molecule has 0 unspecified atom stereocenters. The molecule has 1 atom stereocenters. The van der Waals surface area contributed by atoms with Crippen LogP contribution in [0.4, 0.5) is 5.69 Å². The number of nitrogens with zero attached hydrogens (tertiary/aromatic N) is 1. The fourth-order valence-corrected chi connectivity index (χ4v) is 2.95. The van der Waals surface area contributed by atoms with Crippen LogP contribution in [0.5, 0.6) is 5.75 Å². The lowest BCUT2D eigenvalue weighted by Gasteiger charge is -2.17. The van der Waals surface area contributed by atoms with Crippen molar-refractivity contribution in [1.29, 1.82) is 0 Å². The maximum atomic E-state index is 12.4. The smallest absolute Gasteiger partial charge is 0.227 e. The van der Waals surface area contributed by atoms with Gasteiger partial charge in [-0.05, 0) is 36.8 Å². The summed E-state index contributed by atoms with van der Waals surface area (Å²) >= 11 is 0. The van der Waals surface area contributed by atoms with Gasteiger partial charge in [0.15, 0.2) is 0 Å². The van der Waals surface area contributed by atoms with E-state index < -0.39 is 0 Å². The van der Waals surface area contributed by atoms with E-state index in [1.165, 1.54) is 0 Å². The molecule has 0 radical (unpaired) electrons. The van der Waals surface area contributed by atoms with Gasteiger partial charge < -0.3 is 15.0 Å². The van der Waals surface area contributed by atoms with Crippen molar-refractivity contribution in [2.24, 2.45) is 5.92 Å². The van der Waals surface area contributed by atoms with Crippen LogP contribution in [0.1, 0.15) is 18.9 Å². The average molecular weight is 338 g/mol. The van der Waals surface area contributed by atoms with Crippen LogP contribution in [0.15, 0.2) is 54.6 Å². The molecule has 1 heterocycles. The average Bonchev–Trinajstić information content (AvgIpc) is 3.03. The molecule has 0 spiro atoms. The Kier molecular flexibility index (Phi) is 5.33. The number of hydrogen-bond donors (Lipinski definition) is 1. The second-order valence-electron chi connectivity index (χ2n) is 6.04. The lowest BCUT2D eigenvalue weighted by molar-refractivity contribution is -0.126. The van der Waals surface area contributed by atoms with Gasteiger partial charge in [0.2, 0.25) is 11.8 Å². The summed E-state index contributed by atoms with van der Waals surface area (Å²) < 4.78 is 5.42. The molecule has 130 valence electrons. The number of ether oxygens (including phenoxy) is 1. The molecule has 1 aliphatic rings. The molecule has 1 aliphatic heterocycles. The molecule has 5 nitrogen and oxygen atoms in total. The first kappa shape index (κ1) is 17.0. The van der Waals surface area contributed by atoms with Crippen LogP contribution in [-0.2, 0) is 16.1 Å². The molecule has 1 saturated heterocycles. The summed E-state index contributed by atoms with van der Waals surface area (Å²) in [6.45, 7) is 3.42. The van der Waals surface area contributed by atoms with Gasteiger partial charge in [-0.3, -0.25) is 9.59 Å². The lowest BCUT2D eigenvalue weighted by atomic mass is 10.1. The van der Waals surface area contributed by atoms with Crippen molar-refractivity contribution in [1.82, 2.24) is 5.32 Å². The van der Waals surface area contributed by atoms with E-state index in [1.807, 2.05) is 61.5 Å². The second kappa shape index (κ2) is 7.83. The Morgan fingerprint density at radius 3 is 2.56 bits per heavy atom. The van der Waals surface area contributed by atoms with Gasteiger partial charge in [0.1, 0.15) is 5.75 Å². The van der Waals surface area contributed by atoms with E-state index >= 15 is 0 Å². The maximum absolute atomic E-state index is 12.4. The zero-order valence-electron chi connectivity index (χ0n) is 14.3. The van der Waals surface area contributed by atoms with E-state index in [4.69, 9.17) is 4.74 Å². The molecule has 3 rings (SSSR count). The molecule has 2 aromatic carbocycles. The maximum Gasteiger partial charge on any atom is 0.227 e. The number of amides is 2. The Bertz CT molecular complexity index is 728. The van der Waals surface area contributed by atoms with Crippen LogP contribution in [0.25, 0.3) is 0 Å². The summed E-state index contributed by atoms with van der Waals surface area (Å²) in [5, 5.41) is 2.92. The minimum Gasteiger partial charge on any atom is -0.494 e. The quantitative estimate of drug-likeness (QED) is 0.881. The number of anilines is 1.